The summed E-state index contributed by atoms with van der Waals surface area (Å²) >= 11 is 1.23. The third-order valence-corrected chi connectivity index (χ3v) is 3.65. The van der Waals surface area contributed by atoms with Gasteiger partial charge in [0, 0.05) is 22.5 Å². The highest BCUT2D eigenvalue weighted by atomic mass is 32.2. The molecular formula is C13H10F4N2S. The fourth-order valence-electron chi connectivity index (χ4n) is 1.55. The molecule has 20 heavy (non-hydrogen) atoms. The van der Waals surface area contributed by atoms with E-state index in [1.165, 1.54) is 30.1 Å². The Bertz CT molecular complexity index is 614. The topological polar surface area (TPSA) is 38.9 Å². The normalized spacial score (nSPS) is 11.6. The van der Waals surface area contributed by atoms with Gasteiger partial charge >= 0.3 is 6.18 Å². The van der Waals surface area contributed by atoms with Crippen LogP contribution in [0.3, 0.4) is 0 Å². The van der Waals surface area contributed by atoms with Crippen LogP contribution in [-0.4, -0.2) is 4.98 Å². The summed E-state index contributed by atoms with van der Waals surface area (Å²) in [5, 5.41) is 0. The second-order valence-corrected chi connectivity index (χ2v) is 5.07. The molecule has 0 aliphatic rings. The molecule has 0 saturated carbocycles. The molecule has 0 saturated heterocycles. The second kappa shape index (κ2) is 5.70. The van der Waals surface area contributed by atoms with Gasteiger partial charge in [-0.05, 0) is 29.8 Å². The van der Waals surface area contributed by atoms with Gasteiger partial charge in [-0.1, -0.05) is 0 Å². The summed E-state index contributed by atoms with van der Waals surface area (Å²) in [5.74, 6) is -0.0798. The SMILES string of the molecule is Nc1cc(C(F)(F)F)ccc1SCc1cncc(F)c1. The van der Waals surface area contributed by atoms with Gasteiger partial charge < -0.3 is 5.73 Å². The first kappa shape index (κ1) is 14.6. The lowest BCUT2D eigenvalue weighted by Crippen LogP contribution is -2.05. The largest absolute Gasteiger partial charge is 0.416 e. The quantitative estimate of drug-likeness (QED) is 0.527. The number of nitrogens with two attached hydrogens (primary N) is 1. The van der Waals surface area contributed by atoms with E-state index in [2.05, 4.69) is 4.98 Å². The average Bonchev–Trinajstić information content (AvgIpc) is 2.36. The molecule has 0 atom stereocenters. The zero-order valence-electron chi connectivity index (χ0n) is 10.1. The smallest absolute Gasteiger partial charge is 0.398 e. The number of hydrogen-bond donors (Lipinski definition) is 1. The molecule has 1 aromatic heterocycles. The van der Waals surface area contributed by atoms with E-state index < -0.39 is 17.6 Å². The van der Waals surface area contributed by atoms with Crippen molar-refractivity contribution in [1.82, 2.24) is 4.98 Å². The minimum atomic E-state index is -4.41. The van der Waals surface area contributed by atoms with Crippen LogP contribution < -0.4 is 5.73 Å². The van der Waals surface area contributed by atoms with Crippen molar-refractivity contribution in [2.45, 2.75) is 16.8 Å². The summed E-state index contributed by atoms with van der Waals surface area (Å²) in [4.78, 5) is 4.21. The molecule has 2 N–H and O–H groups in total. The number of thioether (sulfide) groups is 1. The minimum absolute atomic E-state index is 0.0502. The number of nitrogen functional groups attached to an aromatic ring is 1. The van der Waals surface area contributed by atoms with Crippen LogP contribution in [0.2, 0.25) is 0 Å². The summed E-state index contributed by atoms with van der Waals surface area (Å²) in [5.41, 5.74) is 5.50. The number of anilines is 1. The lowest BCUT2D eigenvalue weighted by atomic mass is 10.2. The minimum Gasteiger partial charge on any atom is -0.398 e. The van der Waals surface area contributed by atoms with E-state index >= 15 is 0 Å². The molecule has 0 amide bonds. The van der Waals surface area contributed by atoms with E-state index in [0.717, 1.165) is 18.3 Å². The average molecular weight is 302 g/mol. The summed E-state index contributed by atoms with van der Waals surface area (Å²) in [6.07, 6.45) is -1.83. The molecule has 1 aromatic carbocycles. The Kier molecular flexibility index (Phi) is 4.17. The molecule has 106 valence electrons. The van der Waals surface area contributed by atoms with Crippen LogP contribution in [0, 0.1) is 5.82 Å². The Hall–Kier alpha value is -1.76. The zero-order valence-corrected chi connectivity index (χ0v) is 10.9. The second-order valence-electron chi connectivity index (χ2n) is 4.05. The molecule has 2 aromatic rings. The van der Waals surface area contributed by atoms with Gasteiger partial charge in [0.15, 0.2) is 0 Å². The Morgan fingerprint density at radius 3 is 2.50 bits per heavy atom. The molecule has 7 heteroatoms. The molecule has 0 fully saturated rings. The van der Waals surface area contributed by atoms with E-state index in [-0.39, 0.29) is 5.69 Å². The molecule has 0 aliphatic heterocycles. The lowest BCUT2D eigenvalue weighted by Gasteiger charge is -2.10. The van der Waals surface area contributed by atoms with Gasteiger partial charge in [-0.3, -0.25) is 4.98 Å². The van der Waals surface area contributed by atoms with Crippen molar-refractivity contribution >= 4 is 17.4 Å². The van der Waals surface area contributed by atoms with Crippen molar-refractivity contribution in [3.8, 4) is 0 Å². The van der Waals surface area contributed by atoms with Crippen molar-refractivity contribution in [3.05, 3.63) is 53.6 Å². The fourth-order valence-corrected chi connectivity index (χ4v) is 2.42. The Balaban J connectivity index is 2.11. The van der Waals surface area contributed by atoms with E-state index in [1.807, 2.05) is 0 Å². The van der Waals surface area contributed by atoms with E-state index in [4.69, 9.17) is 5.73 Å². The molecule has 0 aliphatic carbocycles. The monoisotopic (exact) mass is 302 g/mol. The van der Waals surface area contributed by atoms with Gasteiger partial charge in [0.1, 0.15) is 5.82 Å². The standard InChI is InChI=1S/C13H10F4N2S/c14-10-3-8(5-19-6-10)7-20-12-2-1-9(4-11(12)18)13(15,16)17/h1-6H,7,18H2. The first-order valence-corrected chi connectivity index (χ1v) is 6.54. The third kappa shape index (κ3) is 3.63. The number of halogens is 4. The summed E-state index contributed by atoms with van der Waals surface area (Å²) in [6, 6.07) is 4.50. The highest BCUT2D eigenvalue weighted by molar-refractivity contribution is 7.98. The van der Waals surface area contributed by atoms with Crippen LogP contribution in [-0.2, 0) is 11.9 Å². The maximum absolute atomic E-state index is 12.9. The lowest BCUT2D eigenvalue weighted by molar-refractivity contribution is -0.137. The molecule has 2 nitrogen and oxygen atoms in total. The first-order chi connectivity index (χ1) is 9.36. The van der Waals surface area contributed by atoms with E-state index in [1.54, 1.807) is 0 Å². The van der Waals surface area contributed by atoms with Crippen LogP contribution in [0.1, 0.15) is 11.1 Å². The van der Waals surface area contributed by atoms with Crippen LogP contribution in [0.5, 0.6) is 0 Å². The molecule has 0 bridgehead atoms. The third-order valence-electron chi connectivity index (χ3n) is 2.49. The van der Waals surface area contributed by atoms with Crippen molar-refractivity contribution in [1.29, 1.82) is 0 Å². The van der Waals surface area contributed by atoms with Crippen LogP contribution >= 0.6 is 11.8 Å². The molecule has 0 unspecified atom stereocenters. The number of benzene rings is 1. The number of aromatic nitrogens is 1. The van der Waals surface area contributed by atoms with Gasteiger partial charge in [-0.2, -0.15) is 13.2 Å². The van der Waals surface area contributed by atoms with Gasteiger partial charge in [0.2, 0.25) is 0 Å². The number of rotatable bonds is 3. The Labute approximate surface area is 117 Å². The predicted octanol–water partition coefficient (Wildman–Crippen LogP) is 4.11. The Morgan fingerprint density at radius 1 is 1.15 bits per heavy atom. The van der Waals surface area contributed by atoms with Gasteiger partial charge in [0.05, 0.1) is 11.8 Å². The van der Waals surface area contributed by atoms with Gasteiger partial charge in [-0.25, -0.2) is 4.39 Å². The van der Waals surface area contributed by atoms with E-state index in [9.17, 15) is 17.6 Å². The molecule has 2 rings (SSSR count). The summed E-state index contributed by atoms with van der Waals surface area (Å²) < 4.78 is 50.4. The summed E-state index contributed by atoms with van der Waals surface area (Å²) in [7, 11) is 0. The van der Waals surface area contributed by atoms with Crippen molar-refractivity contribution in [2.75, 3.05) is 5.73 Å². The number of pyridine rings is 1. The zero-order chi connectivity index (χ0) is 14.8. The fraction of sp³-hybridized carbons (Fsp3) is 0.154. The number of nitrogens with zero attached hydrogens (tertiary/aromatic N) is 1. The van der Waals surface area contributed by atoms with Crippen molar-refractivity contribution < 1.29 is 17.6 Å². The number of hydrogen-bond acceptors (Lipinski definition) is 3. The van der Waals surface area contributed by atoms with E-state index in [0.29, 0.717) is 16.2 Å². The van der Waals surface area contributed by atoms with Crippen LogP contribution in [0.4, 0.5) is 23.2 Å². The highest BCUT2D eigenvalue weighted by Gasteiger charge is 2.30. The van der Waals surface area contributed by atoms with Crippen molar-refractivity contribution in [3.63, 3.8) is 0 Å². The number of alkyl halides is 3. The summed E-state index contributed by atoms with van der Waals surface area (Å²) in [6.45, 7) is 0. The maximum atomic E-state index is 12.9. The maximum Gasteiger partial charge on any atom is 0.416 e. The van der Waals surface area contributed by atoms with Crippen molar-refractivity contribution in [2.24, 2.45) is 0 Å². The van der Waals surface area contributed by atoms with Crippen LogP contribution in [0.25, 0.3) is 0 Å². The van der Waals surface area contributed by atoms with Gasteiger partial charge in [0.25, 0.3) is 0 Å². The highest BCUT2D eigenvalue weighted by Crippen LogP contribution is 2.35. The van der Waals surface area contributed by atoms with Gasteiger partial charge in [-0.15, -0.1) is 11.8 Å². The Morgan fingerprint density at radius 2 is 1.90 bits per heavy atom. The molecular weight excluding hydrogens is 292 g/mol. The predicted molar refractivity (Wildman–Crippen MR) is 69.6 cm³/mol. The molecule has 0 radical (unpaired) electrons. The van der Waals surface area contributed by atoms with Crippen LogP contribution in [0.15, 0.2) is 41.6 Å². The molecule has 0 spiro atoms. The molecule has 1 heterocycles. The first-order valence-electron chi connectivity index (χ1n) is 5.55.